The van der Waals surface area contributed by atoms with E-state index in [0.717, 1.165) is 73.9 Å². The molecule has 2 fully saturated rings. The number of aliphatic hydroxyl groups excluding tert-OH is 1. The van der Waals surface area contributed by atoms with Crippen molar-refractivity contribution >= 4 is 38.6 Å². The van der Waals surface area contributed by atoms with Gasteiger partial charge in [-0.25, -0.2) is 14.8 Å². The number of benzene rings is 2. The Hall–Kier alpha value is -3.14. The Morgan fingerprint density at radius 1 is 1.07 bits per heavy atom. The Morgan fingerprint density at radius 3 is 2.53 bits per heavy atom. The highest BCUT2D eigenvalue weighted by molar-refractivity contribution is 8.32. The van der Waals surface area contributed by atoms with Gasteiger partial charge < -0.3 is 20.1 Å². The summed E-state index contributed by atoms with van der Waals surface area (Å²) in [5.74, 6) is -0.108. The number of nitrogens with one attached hydrogen (secondary N) is 1. The minimum absolute atomic E-state index is 0.108. The molecule has 2 amide bonds. The summed E-state index contributed by atoms with van der Waals surface area (Å²) >= 11 is 0. The maximum atomic E-state index is 13.7. The van der Waals surface area contributed by atoms with E-state index in [1.165, 1.54) is 17.7 Å². The van der Waals surface area contributed by atoms with Crippen LogP contribution in [0.2, 0.25) is 0 Å². The van der Waals surface area contributed by atoms with Gasteiger partial charge in [-0.1, -0.05) is 12.1 Å². The van der Waals surface area contributed by atoms with E-state index in [0.29, 0.717) is 24.0 Å². The molecule has 0 spiro atoms. The molecule has 0 saturated carbocycles. The van der Waals surface area contributed by atoms with Gasteiger partial charge in [0.2, 0.25) is 0 Å². The number of piperidine rings is 1. The number of aromatic nitrogens is 1. The lowest BCUT2D eigenvalue weighted by molar-refractivity contribution is 0.0795. The van der Waals surface area contributed by atoms with Crippen molar-refractivity contribution in [2.45, 2.75) is 55.9 Å². The molecule has 9 heteroatoms. The molecule has 230 valence electrons. The van der Waals surface area contributed by atoms with Gasteiger partial charge >= 0.3 is 6.09 Å². The Bertz CT molecular complexity index is 1480. The molecular formula is C34H44N4O4S. The van der Waals surface area contributed by atoms with Crippen LogP contribution in [0.3, 0.4) is 0 Å². The van der Waals surface area contributed by atoms with E-state index < -0.39 is 10.0 Å². The average molecular weight is 605 g/mol. The summed E-state index contributed by atoms with van der Waals surface area (Å²) < 4.78 is 5.10. The van der Waals surface area contributed by atoms with Crippen molar-refractivity contribution in [3.05, 3.63) is 70.9 Å². The third-order valence-corrected chi connectivity index (χ3v) is 11.8. The fourth-order valence-corrected chi connectivity index (χ4v) is 8.08. The number of hydrogen-bond donors (Lipinski definition) is 2. The predicted octanol–water partition coefficient (Wildman–Crippen LogP) is 5.06. The van der Waals surface area contributed by atoms with Crippen LogP contribution in [0.4, 0.5) is 10.5 Å². The number of aliphatic hydroxyl groups is 1. The number of carbonyl (C=O) groups is 2. The Morgan fingerprint density at radius 2 is 1.84 bits per heavy atom. The molecule has 43 heavy (non-hydrogen) atoms. The molecule has 2 N–H and O–H groups in total. The maximum Gasteiger partial charge on any atom is 0.414 e. The summed E-state index contributed by atoms with van der Waals surface area (Å²) in [6.07, 6.45) is 12.3. The van der Waals surface area contributed by atoms with Crippen LogP contribution in [-0.2, 0) is 17.6 Å². The smallest absolute Gasteiger partial charge is 0.414 e. The van der Waals surface area contributed by atoms with Crippen LogP contribution in [0, 0.1) is 0 Å². The lowest BCUT2D eigenvalue weighted by atomic mass is 9.94. The van der Waals surface area contributed by atoms with E-state index in [2.05, 4.69) is 35.1 Å². The average Bonchev–Trinajstić information content (AvgIpc) is 3.43. The molecule has 3 heterocycles. The first-order valence-electron chi connectivity index (χ1n) is 15.5. The van der Waals surface area contributed by atoms with Gasteiger partial charge in [-0.2, -0.15) is 0 Å². The van der Waals surface area contributed by atoms with Crippen LogP contribution >= 0.6 is 10.0 Å². The van der Waals surface area contributed by atoms with Crippen molar-refractivity contribution in [1.29, 1.82) is 0 Å². The fraction of sp³-hybridized carbons (Fsp3) is 0.500. The Labute approximate surface area is 256 Å². The summed E-state index contributed by atoms with van der Waals surface area (Å²) in [4.78, 5) is 34.7. The molecule has 2 aromatic carbocycles. The number of ether oxygens (including phenoxy) is 1. The van der Waals surface area contributed by atoms with Crippen molar-refractivity contribution in [2.24, 2.45) is 0 Å². The van der Waals surface area contributed by atoms with Crippen LogP contribution in [0.25, 0.3) is 10.9 Å². The van der Waals surface area contributed by atoms with Gasteiger partial charge in [-0.05, 0) is 110 Å². The van der Waals surface area contributed by atoms with Gasteiger partial charge in [0.1, 0.15) is 6.61 Å². The first-order valence-corrected chi connectivity index (χ1v) is 18.4. The monoisotopic (exact) mass is 604 g/mol. The number of anilines is 1. The molecule has 1 aromatic heterocycles. The molecule has 2 atom stereocenters. The zero-order valence-electron chi connectivity index (χ0n) is 25.6. The van der Waals surface area contributed by atoms with Crippen molar-refractivity contribution < 1.29 is 19.4 Å². The number of fused-ring (bicyclic) bond motifs is 2. The number of cyclic esters (lactones) is 1. The SMILES string of the molecule is CS(C)(C)[C@H]1CCc2nc3ccc(C(=O)N[C@H](CCN4CCC(O)CC4)c4ccc(N5CCOC5=O)cc4)cc3cc2C1. The number of rotatable bonds is 8. The Balaban J connectivity index is 1.21. The van der Waals surface area contributed by atoms with Gasteiger partial charge in [-0.3, -0.25) is 14.7 Å². The molecule has 0 unspecified atom stereocenters. The Kier molecular flexibility index (Phi) is 8.67. The predicted molar refractivity (Wildman–Crippen MR) is 175 cm³/mol. The zero-order valence-corrected chi connectivity index (χ0v) is 26.4. The first kappa shape index (κ1) is 29.9. The molecule has 1 aliphatic carbocycles. The van der Waals surface area contributed by atoms with Gasteiger partial charge in [-0.15, -0.1) is 0 Å². The second-order valence-electron chi connectivity index (χ2n) is 13.0. The minimum atomic E-state index is -0.644. The summed E-state index contributed by atoms with van der Waals surface area (Å²) in [6, 6.07) is 15.7. The molecule has 2 aliphatic heterocycles. The molecule has 3 aliphatic rings. The largest absolute Gasteiger partial charge is 0.447 e. The maximum absolute atomic E-state index is 13.7. The van der Waals surface area contributed by atoms with Crippen LogP contribution in [0.5, 0.6) is 0 Å². The second-order valence-corrected chi connectivity index (χ2v) is 17.6. The summed E-state index contributed by atoms with van der Waals surface area (Å²) in [7, 11) is -0.644. The summed E-state index contributed by atoms with van der Waals surface area (Å²) in [5, 5.41) is 15.0. The number of carbonyl (C=O) groups excluding carboxylic acids is 2. The second kappa shape index (κ2) is 12.5. The summed E-state index contributed by atoms with van der Waals surface area (Å²) in [6.45, 7) is 3.47. The topological polar surface area (TPSA) is 95.0 Å². The minimum Gasteiger partial charge on any atom is -0.447 e. The molecule has 6 rings (SSSR count). The summed E-state index contributed by atoms with van der Waals surface area (Å²) in [5.41, 5.74) is 5.90. The third kappa shape index (κ3) is 6.84. The number of aryl methyl sites for hydroxylation is 1. The van der Waals surface area contributed by atoms with Gasteiger partial charge in [0.15, 0.2) is 0 Å². The van der Waals surface area contributed by atoms with Crippen molar-refractivity contribution in [2.75, 3.05) is 56.5 Å². The number of pyridine rings is 1. The van der Waals surface area contributed by atoms with Crippen LogP contribution in [-0.4, -0.2) is 89.9 Å². The molecule has 8 nitrogen and oxygen atoms in total. The van der Waals surface area contributed by atoms with Crippen molar-refractivity contribution in [3.8, 4) is 0 Å². The van der Waals surface area contributed by atoms with E-state index in [1.807, 2.05) is 42.5 Å². The number of hydrogen-bond acceptors (Lipinski definition) is 6. The standard InChI is InChI=1S/C34H44N4O4S/c1-43(2,3)29-9-11-31-26(22-29)21-25-20-24(6-10-30(25)35-31)33(40)36-32(14-17-37-15-12-28(39)13-16-37)23-4-7-27(8-5-23)38-18-19-42-34(38)41/h4-8,10,20-21,28-29,32,39H,9,11-19,22H2,1-3H3,(H,36,40)/t29-,32+/m0/s1. The first-order chi connectivity index (χ1) is 20.6. The lowest BCUT2D eigenvalue weighted by Crippen LogP contribution is -2.38. The number of nitrogens with zero attached hydrogens (tertiary/aromatic N) is 3. The molecular weight excluding hydrogens is 560 g/mol. The number of amides is 2. The fourth-order valence-electron chi connectivity index (χ4n) is 6.58. The highest BCUT2D eigenvalue weighted by Crippen LogP contribution is 2.47. The molecule has 0 radical (unpaired) electrons. The molecule has 2 saturated heterocycles. The van der Waals surface area contributed by atoms with E-state index in [9.17, 15) is 14.7 Å². The van der Waals surface area contributed by atoms with E-state index in [1.54, 1.807) is 4.90 Å². The van der Waals surface area contributed by atoms with Crippen molar-refractivity contribution in [3.63, 3.8) is 0 Å². The van der Waals surface area contributed by atoms with Gasteiger partial charge in [0.25, 0.3) is 5.91 Å². The molecule has 3 aromatic rings. The number of likely N-dealkylation sites (tertiary alicyclic amines) is 1. The highest BCUT2D eigenvalue weighted by atomic mass is 32.3. The lowest BCUT2D eigenvalue weighted by Gasteiger charge is -2.39. The normalized spacial score (nSPS) is 21.0. The van der Waals surface area contributed by atoms with Gasteiger partial charge in [0, 0.05) is 42.0 Å². The van der Waals surface area contributed by atoms with E-state index >= 15 is 0 Å². The quantitative estimate of drug-likeness (QED) is 0.373. The van der Waals surface area contributed by atoms with E-state index in [-0.39, 0.29) is 24.1 Å². The van der Waals surface area contributed by atoms with Crippen LogP contribution in [0.15, 0.2) is 48.5 Å². The third-order valence-electron chi connectivity index (χ3n) is 9.36. The van der Waals surface area contributed by atoms with Crippen LogP contribution < -0.4 is 10.2 Å². The highest BCUT2D eigenvalue weighted by Gasteiger charge is 2.28. The zero-order chi connectivity index (χ0) is 30.1. The van der Waals surface area contributed by atoms with Gasteiger partial charge in [0.05, 0.1) is 24.2 Å². The van der Waals surface area contributed by atoms with E-state index in [4.69, 9.17) is 9.72 Å². The van der Waals surface area contributed by atoms with Crippen LogP contribution in [0.1, 0.15) is 58.9 Å². The molecule has 0 bridgehead atoms. The van der Waals surface area contributed by atoms with Crippen molar-refractivity contribution in [1.82, 2.24) is 15.2 Å².